The maximum atomic E-state index is 5.93. The highest BCUT2D eigenvalue weighted by Gasteiger charge is 2.12. The van der Waals surface area contributed by atoms with Gasteiger partial charge in [0.1, 0.15) is 12.1 Å². The highest BCUT2D eigenvalue weighted by molar-refractivity contribution is 9.10. The fourth-order valence-electron chi connectivity index (χ4n) is 3.64. The van der Waals surface area contributed by atoms with Gasteiger partial charge in [-0.1, -0.05) is 46.3 Å². The van der Waals surface area contributed by atoms with E-state index in [0.717, 1.165) is 37.7 Å². The lowest BCUT2D eigenvalue weighted by molar-refractivity contribution is 0.284. The monoisotopic (exact) mass is 516 g/mol. The van der Waals surface area contributed by atoms with Gasteiger partial charge in [-0.05, 0) is 47.5 Å². The summed E-state index contributed by atoms with van der Waals surface area (Å²) in [5, 5.41) is 13.8. The Morgan fingerprint density at radius 1 is 1.03 bits per heavy atom. The molecule has 34 heavy (non-hydrogen) atoms. The van der Waals surface area contributed by atoms with Crippen LogP contribution in [0.4, 0.5) is 5.95 Å². The number of anilines is 1. The van der Waals surface area contributed by atoms with Gasteiger partial charge in [-0.2, -0.15) is 10.1 Å². The Kier molecular flexibility index (Phi) is 6.09. The lowest BCUT2D eigenvalue weighted by Gasteiger charge is -2.11. The predicted octanol–water partition coefficient (Wildman–Crippen LogP) is 5.31. The van der Waals surface area contributed by atoms with Crippen LogP contribution < -0.4 is 14.9 Å². The molecule has 0 atom stereocenters. The molecule has 0 saturated heterocycles. The minimum atomic E-state index is 0.316. The number of nitrogens with zero attached hydrogens (tertiary/aromatic N) is 5. The molecule has 3 aromatic carbocycles. The van der Waals surface area contributed by atoms with Crippen LogP contribution in [0.5, 0.6) is 11.5 Å². The number of ether oxygens (including phenoxy) is 2. The Morgan fingerprint density at radius 3 is 2.68 bits per heavy atom. The van der Waals surface area contributed by atoms with Crippen LogP contribution in [0.1, 0.15) is 11.1 Å². The first-order valence-electron chi connectivity index (χ1n) is 10.5. The van der Waals surface area contributed by atoms with E-state index in [1.807, 2.05) is 78.3 Å². The quantitative estimate of drug-likeness (QED) is 0.233. The SMILES string of the molecule is COc1cc(/C=N/Nc2nnc3c4ccccc4n(C)c3n2)ccc1OCc1ccc(Br)cc1. The van der Waals surface area contributed by atoms with Crippen LogP contribution in [0.2, 0.25) is 0 Å². The lowest BCUT2D eigenvalue weighted by atomic mass is 10.2. The molecule has 8 nitrogen and oxygen atoms in total. The first-order valence-corrected chi connectivity index (χ1v) is 11.3. The molecule has 0 spiro atoms. The molecule has 0 aliphatic carbocycles. The number of aromatic nitrogens is 4. The van der Waals surface area contributed by atoms with Gasteiger partial charge < -0.3 is 14.0 Å². The summed E-state index contributed by atoms with van der Waals surface area (Å²) in [4.78, 5) is 4.57. The molecule has 2 aromatic heterocycles. The lowest BCUT2D eigenvalue weighted by Crippen LogP contribution is -2.01. The Hall–Kier alpha value is -3.98. The number of rotatable bonds is 7. The molecule has 2 heterocycles. The Labute approximate surface area is 204 Å². The summed E-state index contributed by atoms with van der Waals surface area (Å²) >= 11 is 3.44. The zero-order valence-corrected chi connectivity index (χ0v) is 20.2. The van der Waals surface area contributed by atoms with Crippen LogP contribution in [-0.4, -0.2) is 33.1 Å². The van der Waals surface area contributed by atoms with E-state index < -0.39 is 0 Å². The number of methoxy groups -OCH3 is 1. The average molecular weight is 517 g/mol. The summed E-state index contributed by atoms with van der Waals surface area (Å²) in [5.41, 5.74) is 7.30. The van der Waals surface area contributed by atoms with Gasteiger partial charge in [-0.3, -0.25) is 0 Å². The molecule has 0 aliphatic rings. The van der Waals surface area contributed by atoms with Gasteiger partial charge in [-0.25, -0.2) is 5.43 Å². The predicted molar refractivity (Wildman–Crippen MR) is 136 cm³/mol. The van der Waals surface area contributed by atoms with Crippen LogP contribution in [0.15, 0.2) is 76.3 Å². The van der Waals surface area contributed by atoms with Crippen LogP contribution in [-0.2, 0) is 13.7 Å². The zero-order valence-electron chi connectivity index (χ0n) is 18.6. The maximum absolute atomic E-state index is 5.93. The Morgan fingerprint density at radius 2 is 1.85 bits per heavy atom. The normalized spacial score (nSPS) is 11.4. The van der Waals surface area contributed by atoms with Gasteiger partial charge in [-0.15, -0.1) is 10.2 Å². The summed E-state index contributed by atoms with van der Waals surface area (Å²) in [7, 11) is 3.57. The first kappa shape index (κ1) is 21.8. The summed E-state index contributed by atoms with van der Waals surface area (Å²) in [5.74, 6) is 1.59. The fourth-order valence-corrected chi connectivity index (χ4v) is 3.91. The fraction of sp³-hybridized carbons (Fsp3) is 0.120. The van der Waals surface area contributed by atoms with E-state index in [0.29, 0.717) is 24.1 Å². The Balaban J connectivity index is 1.29. The molecule has 5 aromatic rings. The molecule has 0 bridgehead atoms. The second kappa shape index (κ2) is 9.48. The molecule has 1 N–H and O–H groups in total. The zero-order chi connectivity index (χ0) is 23.5. The number of halogens is 1. The molecular formula is C25H21BrN6O2. The van der Waals surface area contributed by atoms with Gasteiger partial charge in [0.05, 0.1) is 18.8 Å². The topological polar surface area (TPSA) is 86.5 Å². The molecule has 170 valence electrons. The minimum absolute atomic E-state index is 0.316. The second-order valence-corrected chi connectivity index (χ2v) is 8.49. The second-order valence-electron chi connectivity index (χ2n) is 7.58. The number of hydrogen-bond acceptors (Lipinski definition) is 7. The number of para-hydroxylation sites is 1. The number of nitrogens with one attached hydrogen (secondary N) is 1. The number of fused-ring (bicyclic) bond motifs is 3. The van der Waals surface area contributed by atoms with Crippen LogP contribution in [0.25, 0.3) is 22.1 Å². The Bertz CT molecular complexity index is 1500. The van der Waals surface area contributed by atoms with Crippen LogP contribution in [0, 0.1) is 0 Å². The number of hydrazone groups is 1. The van der Waals surface area contributed by atoms with Crippen molar-refractivity contribution in [1.82, 2.24) is 19.7 Å². The summed E-state index contributed by atoms with van der Waals surface area (Å²) in [6.45, 7) is 0.444. The van der Waals surface area contributed by atoms with Gasteiger partial charge >= 0.3 is 0 Å². The summed E-state index contributed by atoms with van der Waals surface area (Å²) in [6, 6.07) is 21.6. The van der Waals surface area contributed by atoms with Crippen molar-refractivity contribution < 1.29 is 9.47 Å². The van der Waals surface area contributed by atoms with Crippen molar-refractivity contribution in [1.29, 1.82) is 0 Å². The van der Waals surface area contributed by atoms with Gasteiger partial charge in [0.2, 0.25) is 0 Å². The van der Waals surface area contributed by atoms with Crippen molar-refractivity contribution in [3.8, 4) is 11.5 Å². The van der Waals surface area contributed by atoms with Gasteiger partial charge in [0.15, 0.2) is 17.1 Å². The van der Waals surface area contributed by atoms with E-state index in [-0.39, 0.29) is 0 Å². The first-order chi connectivity index (χ1) is 16.6. The molecule has 0 amide bonds. The highest BCUT2D eigenvalue weighted by atomic mass is 79.9. The standard InChI is InChI=1S/C25H21BrN6O2/c1-32-20-6-4-3-5-19(20)23-24(32)28-25(31-29-23)30-27-14-17-9-12-21(22(13-17)33-2)34-15-16-7-10-18(26)11-8-16/h3-14H,15H2,1-2H3,(H,28,30,31)/b27-14+. The van der Waals surface area contributed by atoms with Crippen LogP contribution >= 0.6 is 15.9 Å². The van der Waals surface area contributed by atoms with Crippen molar-refractivity contribution in [3.05, 3.63) is 82.3 Å². The minimum Gasteiger partial charge on any atom is -0.493 e. The molecule has 9 heteroatoms. The highest BCUT2D eigenvalue weighted by Crippen LogP contribution is 2.29. The van der Waals surface area contributed by atoms with Crippen LogP contribution in [0.3, 0.4) is 0 Å². The van der Waals surface area contributed by atoms with Gasteiger partial charge in [0.25, 0.3) is 5.95 Å². The van der Waals surface area contributed by atoms with Crippen molar-refractivity contribution in [2.45, 2.75) is 6.61 Å². The number of aryl methyl sites for hydroxylation is 1. The smallest absolute Gasteiger partial charge is 0.265 e. The van der Waals surface area contributed by atoms with E-state index in [9.17, 15) is 0 Å². The van der Waals surface area contributed by atoms with E-state index in [1.54, 1.807) is 13.3 Å². The molecule has 0 aliphatic heterocycles. The van der Waals surface area contributed by atoms with E-state index in [2.05, 4.69) is 41.6 Å². The molecule has 0 saturated carbocycles. The van der Waals surface area contributed by atoms with Gasteiger partial charge in [0, 0.05) is 16.9 Å². The van der Waals surface area contributed by atoms with Crippen molar-refractivity contribution in [2.24, 2.45) is 12.1 Å². The largest absolute Gasteiger partial charge is 0.493 e. The molecule has 5 rings (SSSR count). The number of benzene rings is 3. The maximum Gasteiger partial charge on any atom is 0.265 e. The molecular weight excluding hydrogens is 496 g/mol. The summed E-state index contributed by atoms with van der Waals surface area (Å²) < 4.78 is 14.4. The third kappa shape index (κ3) is 4.42. The molecule has 0 unspecified atom stereocenters. The third-order valence-corrected chi connectivity index (χ3v) is 5.91. The van der Waals surface area contributed by atoms with E-state index in [4.69, 9.17) is 9.47 Å². The summed E-state index contributed by atoms with van der Waals surface area (Å²) in [6.07, 6.45) is 1.66. The average Bonchev–Trinajstić information content (AvgIpc) is 3.15. The van der Waals surface area contributed by atoms with E-state index >= 15 is 0 Å². The van der Waals surface area contributed by atoms with Crippen molar-refractivity contribution in [3.63, 3.8) is 0 Å². The molecule has 0 radical (unpaired) electrons. The van der Waals surface area contributed by atoms with E-state index in [1.165, 1.54) is 0 Å². The third-order valence-electron chi connectivity index (χ3n) is 5.38. The van der Waals surface area contributed by atoms with Crippen molar-refractivity contribution in [2.75, 3.05) is 12.5 Å². The molecule has 0 fully saturated rings. The number of hydrogen-bond donors (Lipinski definition) is 1. The van der Waals surface area contributed by atoms with Crippen molar-refractivity contribution >= 4 is 50.2 Å².